The molecule has 6 heteroatoms. The molecule has 0 bridgehead atoms. The standard InChI is InChI=1S/C17H36N4O.HI/c1-6-21(15(2)3)12-10-19-17(18-4)20(5)11-7-16-8-13-22-14-9-16;/h15-16H,6-14H2,1-5H3,(H,18,19);1H. The van der Waals surface area contributed by atoms with Crippen LogP contribution in [-0.2, 0) is 4.74 Å². The van der Waals surface area contributed by atoms with Gasteiger partial charge < -0.3 is 15.0 Å². The highest BCUT2D eigenvalue weighted by atomic mass is 127. The Balaban J connectivity index is 0.00000484. The minimum Gasteiger partial charge on any atom is -0.381 e. The van der Waals surface area contributed by atoms with Gasteiger partial charge in [0.25, 0.3) is 0 Å². The Kier molecular flexibility index (Phi) is 13.2. The van der Waals surface area contributed by atoms with E-state index in [0.717, 1.165) is 51.3 Å². The van der Waals surface area contributed by atoms with Gasteiger partial charge in [-0.2, -0.15) is 0 Å². The predicted molar refractivity (Wildman–Crippen MR) is 110 cm³/mol. The van der Waals surface area contributed by atoms with Crippen molar-refractivity contribution >= 4 is 29.9 Å². The number of nitrogens with zero attached hydrogens (tertiary/aromatic N) is 3. The summed E-state index contributed by atoms with van der Waals surface area (Å²) in [6.07, 6.45) is 3.65. The SMILES string of the molecule is CCN(CCNC(=NC)N(C)CCC1CCOCC1)C(C)C.I. The Bertz CT molecular complexity index is 320. The molecule has 0 aliphatic carbocycles. The van der Waals surface area contributed by atoms with Gasteiger partial charge in [0.05, 0.1) is 0 Å². The van der Waals surface area contributed by atoms with E-state index in [0.29, 0.717) is 6.04 Å². The number of nitrogens with one attached hydrogen (secondary N) is 1. The molecule has 0 atom stereocenters. The lowest BCUT2D eigenvalue weighted by Crippen LogP contribution is -2.44. The molecule has 1 heterocycles. The van der Waals surface area contributed by atoms with Crippen LogP contribution in [0.3, 0.4) is 0 Å². The van der Waals surface area contributed by atoms with Crippen LogP contribution in [0.5, 0.6) is 0 Å². The average Bonchev–Trinajstić information content (AvgIpc) is 2.53. The largest absolute Gasteiger partial charge is 0.381 e. The van der Waals surface area contributed by atoms with Gasteiger partial charge in [-0.15, -0.1) is 24.0 Å². The van der Waals surface area contributed by atoms with E-state index in [-0.39, 0.29) is 24.0 Å². The predicted octanol–water partition coefficient (Wildman–Crippen LogP) is 2.66. The number of guanidine groups is 1. The first-order valence-corrected chi connectivity index (χ1v) is 8.82. The molecule has 0 saturated carbocycles. The Morgan fingerprint density at radius 3 is 2.43 bits per heavy atom. The summed E-state index contributed by atoms with van der Waals surface area (Å²) in [4.78, 5) is 9.12. The zero-order chi connectivity index (χ0) is 16.4. The summed E-state index contributed by atoms with van der Waals surface area (Å²) in [6, 6.07) is 0.597. The van der Waals surface area contributed by atoms with Crippen molar-refractivity contribution in [2.24, 2.45) is 10.9 Å². The Hall–Kier alpha value is -0.0800. The fourth-order valence-corrected chi connectivity index (χ4v) is 2.99. The molecule has 0 aromatic heterocycles. The highest BCUT2D eigenvalue weighted by molar-refractivity contribution is 14.0. The lowest BCUT2D eigenvalue weighted by Gasteiger charge is -2.28. The van der Waals surface area contributed by atoms with Gasteiger partial charge in [0.1, 0.15) is 0 Å². The second-order valence-corrected chi connectivity index (χ2v) is 6.46. The van der Waals surface area contributed by atoms with Gasteiger partial charge in [-0.1, -0.05) is 6.92 Å². The summed E-state index contributed by atoms with van der Waals surface area (Å²) in [7, 11) is 4.00. The molecule has 0 radical (unpaired) electrons. The maximum atomic E-state index is 5.43. The summed E-state index contributed by atoms with van der Waals surface area (Å²) in [5.41, 5.74) is 0. The summed E-state index contributed by atoms with van der Waals surface area (Å²) in [5.74, 6) is 1.82. The van der Waals surface area contributed by atoms with E-state index in [9.17, 15) is 0 Å². The summed E-state index contributed by atoms with van der Waals surface area (Å²) >= 11 is 0. The fraction of sp³-hybridized carbons (Fsp3) is 0.941. The fourth-order valence-electron chi connectivity index (χ4n) is 2.99. The molecule has 1 saturated heterocycles. The van der Waals surface area contributed by atoms with E-state index in [2.05, 4.69) is 47.9 Å². The molecule has 0 aromatic carbocycles. The second-order valence-electron chi connectivity index (χ2n) is 6.46. The Labute approximate surface area is 160 Å². The lowest BCUT2D eigenvalue weighted by atomic mass is 9.96. The molecule has 1 aliphatic rings. The van der Waals surface area contributed by atoms with Crippen LogP contribution in [0.25, 0.3) is 0 Å². The third-order valence-corrected chi connectivity index (χ3v) is 4.61. The molecule has 138 valence electrons. The van der Waals surface area contributed by atoms with E-state index >= 15 is 0 Å². The summed E-state index contributed by atoms with van der Waals surface area (Å²) in [6.45, 7) is 12.7. The van der Waals surface area contributed by atoms with Crippen molar-refractivity contribution in [3.63, 3.8) is 0 Å². The van der Waals surface area contributed by atoms with Crippen molar-refractivity contribution < 1.29 is 4.74 Å². The molecule has 5 nitrogen and oxygen atoms in total. The molecule has 1 rings (SSSR count). The van der Waals surface area contributed by atoms with Crippen LogP contribution in [0.2, 0.25) is 0 Å². The van der Waals surface area contributed by atoms with Crippen LogP contribution >= 0.6 is 24.0 Å². The van der Waals surface area contributed by atoms with Crippen LogP contribution in [0, 0.1) is 5.92 Å². The normalized spacial score (nSPS) is 16.6. The maximum Gasteiger partial charge on any atom is 0.193 e. The zero-order valence-corrected chi connectivity index (χ0v) is 18.0. The molecular formula is C17H37IN4O. The first-order valence-electron chi connectivity index (χ1n) is 8.82. The van der Waals surface area contributed by atoms with Crippen LogP contribution < -0.4 is 5.32 Å². The molecule has 0 unspecified atom stereocenters. The third-order valence-electron chi connectivity index (χ3n) is 4.61. The van der Waals surface area contributed by atoms with Crippen molar-refractivity contribution in [3.8, 4) is 0 Å². The first-order chi connectivity index (χ1) is 10.6. The molecule has 1 aliphatic heterocycles. The molecular weight excluding hydrogens is 403 g/mol. The summed E-state index contributed by atoms with van der Waals surface area (Å²) in [5, 5.41) is 3.49. The number of aliphatic imine (C=N–C) groups is 1. The van der Waals surface area contributed by atoms with Crippen molar-refractivity contribution in [1.29, 1.82) is 0 Å². The molecule has 1 fully saturated rings. The van der Waals surface area contributed by atoms with E-state index in [4.69, 9.17) is 4.74 Å². The van der Waals surface area contributed by atoms with Crippen LogP contribution in [0.4, 0.5) is 0 Å². The van der Waals surface area contributed by atoms with Gasteiger partial charge in [0.15, 0.2) is 5.96 Å². The number of ether oxygens (including phenoxy) is 1. The third kappa shape index (κ3) is 9.10. The lowest BCUT2D eigenvalue weighted by molar-refractivity contribution is 0.0625. The number of halogens is 1. The maximum absolute atomic E-state index is 5.43. The van der Waals surface area contributed by atoms with Crippen LogP contribution in [0.1, 0.15) is 40.0 Å². The Morgan fingerprint density at radius 1 is 1.26 bits per heavy atom. The van der Waals surface area contributed by atoms with E-state index in [1.54, 1.807) is 0 Å². The molecule has 0 amide bonds. The van der Waals surface area contributed by atoms with Gasteiger partial charge in [-0.05, 0) is 45.6 Å². The van der Waals surface area contributed by atoms with E-state index in [1.165, 1.54) is 19.3 Å². The smallest absolute Gasteiger partial charge is 0.193 e. The number of hydrogen-bond donors (Lipinski definition) is 1. The average molecular weight is 440 g/mol. The van der Waals surface area contributed by atoms with Crippen LogP contribution in [0.15, 0.2) is 4.99 Å². The van der Waals surface area contributed by atoms with Crippen molar-refractivity contribution in [3.05, 3.63) is 0 Å². The first kappa shape index (κ1) is 22.9. The van der Waals surface area contributed by atoms with E-state index < -0.39 is 0 Å². The van der Waals surface area contributed by atoms with Gasteiger partial charge in [0, 0.05) is 53.0 Å². The topological polar surface area (TPSA) is 40.1 Å². The quantitative estimate of drug-likeness (QED) is 0.358. The highest BCUT2D eigenvalue weighted by Gasteiger charge is 2.15. The zero-order valence-electron chi connectivity index (χ0n) is 15.7. The second kappa shape index (κ2) is 13.2. The Morgan fingerprint density at radius 2 is 1.91 bits per heavy atom. The van der Waals surface area contributed by atoms with Gasteiger partial charge in [-0.25, -0.2) is 0 Å². The monoisotopic (exact) mass is 440 g/mol. The highest BCUT2D eigenvalue weighted by Crippen LogP contribution is 2.18. The van der Waals surface area contributed by atoms with Crippen molar-refractivity contribution in [2.75, 3.05) is 53.5 Å². The van der Waals surface area contributed by atoms with Gasteiger partial charge >= 0.3 is 0 Å². The minimum absolute atomic E-state index is 0. The minimum atomic E-state index is 0. The van der Waals surface area contributed by atoms with Crippen LogP contribution in [-0.4, -0.2) is 75.3 Å². The number of likely N-dealkylation sites (N-methyl/N-ethyl adjacent to an activating group) is 1. The molecule has 0 aromatic rings. The molecule has 0 spiro atoms. The number of hydrogen-bond acceptors (Lipinski definition) is 3. The molecule has 1 N–H and O–H groups in total. The van der Waals surface area contributed by atoms with Crippen molar-refractivity contribution in [1.82, 2.24) is 15.1 Å². The van der Waals surface area contributed by atoms with Crippen molar-refractivity contribution in [2.45, 2.75) is 46.1 Å². The number of rotatable bonds is 8. The van der Waals surface area contributed by atoms with Gasteiger partial charge in [-0.3, -0.25) is 9.89 Å². The van der Waals surface area contributed by atoms with E-state index in [1.807, 2.05) is 7.05 Å². The molecule has 23 heavy (non-hydrogen) atoms. The summed E-state index contributed by atoms with van der Waals surface area (Å²) < 4.78 is 5.43. The van der Waals surface area contributed by atoms with Gasteiger partial charge in [0.2, 0.25) is 0 Å².